The van der Waals surface area contributed by atoms with Crippen molar-refractivity contribution in [1.29, 1.82) is 0 Å². The molecule has 1 rings (SSSR count). The molecule has 6 heteroatoms. The molecule has 0 aliphatic heterocycles. The molecule has 0 aliphatic rings. The van der Waals surface area contributed by atoms with Crippen molar-refractivity contribution >= 4 is 17.9 Å². The van der Waals surface area contributed by atoms with Crippen LogP contribution in [0.1, 0.15) is 24.2 Å². The lowest BCUT2D eigenvalue weighted by Gasteiger charge is -2.10. The van der Waals surface area contributed by atoms with Crippen molar-refractivity contribution < 1.29 is 29.0 Å². The molecule has 0 saturated heterocycles. The summed E-state index contributed by atoms with van der Waals surface area (Å²) in [7, 11) is 0. The molecule has 0 bridgehead atoms. The average molecular weight is 237 g/mol. The molecule has 1 aromatic rings. The van der Waals surface area contributed by atoms with Crippen LogP contribution in [0.3, 0.4) is 0 Å². The Morgan fingerprint density at radius 1 is 1.00 bits per heavy atom. The number of carbonyl (C=O) groups is 3. The molecule has 0 fully saturated rings. The molecule has 6 nitrogen and oxygen atoms in total. The summed E-state index contributed by atoms with van der Waals surface area (Å²) >= 11 is 0. The summed E-state index contributed by atoms with van der Waals surface area (Å²) in [5.41, 5.74) is -0.183. The number of aromatic carboxylic acids is 1. The van der Waals surface area contributed by atoms with Crippen molar-refractivity contribution in [3.05, 3.63) is 23.8 Å². The second kappa shape index (κ2) is 5.11. The van der Waals surface area contributed by atoms with Crippen molar-refractivity contribution in [2.24, 2.45) is 0 Å². The van der Waals surface area contributed by atoms with Crippen molar-refractivity contribution in [3.63, 3.8) is 0 Å². The highest BCUT2D eigenvalue weighted by Crippen LogP contribution is 2.28. The lowest BCUT2D eigenvalue weighted by Crippen LogP contribution is -2.22. The van der Waals surface area contributed by atoms with Crippen LogP contribution in [0.5, 0.6) is 11.5 Å². The fourth-order valence-corrected chi connectivity index (χ4v) is 1.11. The largest absolute Gasteiger partial charge is 0.545 e. The second-order valence-electron chi connectivity index (χ2n) is 3.14. The van der Waals surface area contributed by atoms with Gasteiger partial charge in [-0.05, 0) is 18.2 Å². The fourth-order valence-electron chi connectivity index (χ4n) is 1.11. The molecule has 17 heavy (non-hydrogen) atoms. The van der Waals surface area contributed by atoms with E-state index in [0.717, 1.165) is 13.0 Å². The Balaban J connectivity index is 3.15. The van der Waals surface area contributed by atoms with Gasteiger partial charge in [-0.2, -0.15) is 0 Å². The first-order valence-electron chi connectivity index (χ1n) is 4.62. The minimum absolute atomic E-state index is 0.0299. The zero-order valence-corrected chi connectivity index (χ0v) is 9.18. The molecule has 0 heterocycles. The summed E-state index contributed by atoms with van der Waals surface area (Å²) in [6.45, 7) is 2.31. The van der Waals surface area contributed by atoms with E-state index in [-0.39, 0.29) is 17.1 Å². The molecule has 0 N–H and O–H groups in total. The van der Waals surface area contributed by atoms with E-state index in [9.17, 15) is 19.5 Å². The SMILES string of the molecule is CC(=O)Oc1ccc(C(=O)[O-])cc1OC(C)=O. The number of hydrogen-bond donors (Lipinski definition) is 0. The van der Waals surface area contributed by atoms with Crippen molar-refractivity contribution in [2.45, 2.75) is 13.8 Å². The van der Waals surface area contributed by atoms with Gasteiger partial charge in [-0.1, -0.05) is 0 Å². The first kappa shape index (κ1) is 12.7. The van der Waals surface area contributed by atoms with Gasteiger partial charge in [0.1, 0.15) is 0 Å². The molecule has 0 aliphatic carbocycles. The molecule has 0 spiro atoms. The summed E-state index contributed by atoms with van der Waals surface area (Å²) < 4.78 is 9.48. The second-order valence-corrected chi connectivity index (χ2v) is 3.14. The van der Waals surface area contributed by atoms with Crippen LogP contribution in [-0.2, 0) is 9.59 Å². The van der Waals surface area contributed by atoms with Gasteiger partial charge in [0.05, 0.1) is 5.97 Å². The zero-order chi connectivity index (χ0) is 13.0. The molecular formula is C11H9O6-. The van der Waals surface area contributed by atoms with Crippen molar-refractivity contribution in [1.82, 2.24) is 0 Å². The maximum Gasteiger partial charge on any atom is 0.308 e. The van der Waals surface area contributed by atoms with Crippen molar-refractivity contribution in [2.75, 3.05) is 0 Å². The van der Waals surface area contributed by atoms with Gasteiger partial charge in [0, 0.05) is 19.4 Å². The monoisotopic (exact) mass is 237 g/mol. The van der Waals surface area contributed by atoms with Crippen LogP contribution < -0.4 is 14.6 Å². The number of carboxylic acids is 1. The maximum atomic E-state index is 10.8. The number of rotatable bonds is 3. The number of carbonyl (C=O) groups excluding carboxylic acids is 3. The number of benzene rings is 1. The first-order valence-corrected chi connectivity index (χ1v) is 4.62. The van der Waals surface area contributed by atoms with Gasteiger partial charge in [-0.25, -0.2) is 0 Å². The normalized spacial score (nSPS) is 9.53. The molecule has 0 saturated carbocycles. The van der Waals surface area contributed by atoms with Crippen LogP contribution in [0.4, 0.5) is 0 Å². The highest BCUT2D eigenvalue weighted by atomic mass is 16.6. The molecule has 0 aromatic heterocycles. The number of ether oxygens (including phenoxy) is 2. The molecular weight excluding hydrogens is 228 g/mol. The lowest BCUT2D eigenvalue weighted by atomic mass is 10.2. The minimum atomic E-state index is -1.42. The van der Waals surface area contributed by atoms with Gasteiger partial charge in [-0.3, -0.25) is 9.59 Å². The summed E-state index contributed by atoms with van der Waals surface area (Å²) in [5, 5.41) is 10.6. The molecule has 90 valence electrons. The Bertz CT molecular complexity index is 477. The van der Waals surface area contributed by atoms with Crippen LogP contribution in [0.2, 0.25) is 0 Å². The Kier molecular flexibility index (Phi) is 3.82. The van der Waals surface area contributed by atoms with E-state index in [1.54, 1.807) is 0 Å². The van der Waals surface area contributed by atoms with E-state index in [1.807, 2.05) is 0 Å². The highest BCUT2D eigenvalue weighted by molar-refractivity contribution is 5.87. The predicted molar refractivity (Wildman–Crippen MR) is 53.4 cm³/mol. The van der Waals surface area contributed by atoms with E-state index < -0.39 is 17.9 Å². The van der Waals surface area contributed by atoms with Crippen LogP contribution in [-0.4, -0.2) is 17.9 Å². The van der Waals surface area contributed by atoms with E-state index in [1.165, 1.54) is 19.1 Å². The van der Waals surface area contributed by atoms with Crippen LogP contribution in [0.15, 0.2) is 18.2 Å². The van der Waals surface area contributed by atoms with Crippen molar-refractivity contribution in [3.8, 4) is 11.5 Å². The average Bonchev–Trinajstić information content (AvgIpc) is 2.18. The quantitative estimate of drug-likeness (QED) is 0.538. The highest BCUT2D eigenvalue weighted by Gasteiger charge is 2.11. The number of carboxylic acid groups (broad SMARTS) is 1. The third kappa shape index (κ3) is 3.60. The van der Waals surface area contributed by atoms with Gasteiger partial charge < -0.3 is 19.4 Å². The molecule has 1 aromatic carbocycles. The third-order valence-electron chi connectivity index (χ3n) is 1.69. The lowest BCUT2D eigenvalue weighted by molar-refractivity contribution is -0.255. The van der Waals surface area contributed by atoms with Gasteiger partial charge >= 0.3 is 11.9 Å². The van der Waals surface area contributed by atoms with Gasteiger partial charge in [-0.15, -0.1) is 0 Å². The predicted octanol–water partition coefficient (Wildman–Crippen LogP) is -0.0993. The van der Waals surface area contributed by atoms with E-state index in [0.29, 0.717) is 0 Å². The van der Waals surface area contributed by atoms with Crippen LogP contribution >= 0.6 is 0 Å². The molecule has 0 radical (unpaired) electrons. The zero-order valence-electron chi connectivity index (χ0n) is 9.18. The Labute approximate surface area is 96.8 Å². The molecule has 0 amide bonds. The van der Waals surface area contributed by atoms with E-state index in [4.69, 9.17) is 9.47 Å². The maximum absolute atomic E-state index is 10.8. The first-order chi connectivity index (χ1) is 7.90. The van der Waals surface area contributed by atoms with Crippen LogP contribution in [0, 0.1) is 0 Å². The van der Waals surface area contributed by atoms with E-state index >= 15 is 0 Å². The summed E-state index contributed by atoms with van der Waals surface area (Å²) in [5.74, 6) is -2.87. The topological polar surface area (TPSA) is 92.7 Å². The summed E-state index contributed by atoms with van der Waals surface area (Å²) in [4.78, 5) is 32.2. The third-order valence-corrected chi connectivity index (χ3v) is 1.69. The summed E-state index contributed by atoms with van der Waals surface area (Å²) in [6, 6.07) is 3.44. The summed E-state index contributed by atoms with van der Waals surface area (Å²) in [6.07, 6.45) is 0. The fraction of sp³-hybridized carbons (Fsp3) is 0.182. The van der Waals surface area contributed by atoms with Crippen LogP contribution in [0.25, 0.3) is 0 Å². The van der Waals surface area contributed by atoms with Gasteiger partial charge in [0.25, 0.3) is 0 Å². The Morgan fingerprint density at radius 2 is 1.53 bits per heavy atom. The standard InChI is InChI=1S/C11H10O6/c1-6(12)16-9-4-3-8(11(14)15)5-10(9)17-7(2)13/h3-5H,1-2H3,(H,14,15)/p-1. The Hall–Kier alpha value is -2.37. The number of hydrogen-bond acceptors (Lipinski definition) is 6. The number of esters is 2. The molecule has 0 atom stereocenters. The van der Waals surface area contributed by atoms with E-state index in [2.05, 4.69) is 0 Å². The molecule has 0 unspecified atom stereocenters. The Morgan fingerprint density at radius 3 is 2.00 bits per heavy atom. The van der Waals surface area contributed by atoms with Gasteiger partial charge in [0.15, 0.2) is 11.5 Å². The smallest absolute Gasteiger partial charge is 0.308 e. The van der Waals surface area contributed by atoms with Gasteiger partial charge in [0.2, 0.25) is 0 Å². The minimum Gasteiger partial charge on any atom is -0.545 e.